The van der Waals surface area contributed by atoms with E-state index in [1.54, 1.807) is 6.92 Å². The standard InChI is InChI=1S/C26H21N3O6S2/c1-2-35-25(32)20-21(15-8-4-3-5-9-15)27-26-28(22(20)18-12-7-13-36-18)24(31)19(37-26)14-16-10-6-11-17(23(16)30)29(33)34/h3-14,22,30,33-34H,2H2,1H3. The van der Waals surface area contributed by atoms with Gasteiger partial charge in [-0.3, -0.25) is 19.8 Å². The fourth-order valence-electron chi connectivity index (χ4n) is 4.12. The van der Waals surface area contributed by atoms with Crippen molar-refractivity contribution in [2.75, 3.05) is 11.8 Å². The lowest BCUT2D eigenvalue weighted by Crippen LogP contribution is -2.39. The number of benzene rings is 2. The fourth-order valence-corrected chi connectivity index (χ4v) is 5.94. The molecule has 1 atom stereocenters. The number of esters is 1. The van der Waals surface area contributed by atoms with Crippen LogP contribution in [0.5, 0.6) is 5.75 Å². The number of aromatic nitrogens is 1. The largest absolute Gasteiger partial charge is 0.505 e. The highest BCUT2D eigenvalue weighted by atomic mass is 32.1. The first kappa shape index (κ1) is 24.7. The molecular weight excluding hydrogens is 514 g/mol. The Kier molecular flexibility index (Phi) is 6.76. The van der Waals surface area contributed by atoms with Crippen LogP contribution in [-0.4, -0.2) is 32.7 Å². The molecule has 0 saturated carbocycles. The first-order chi connectivity index (χ1) is 17.9. The van der Waals surface area contributed by atoms with Crippen molar-refractivity contribution in [2.24, 2.45) is 4.99 Å². The minimum absolute atomic E-state index is 0.161. The number of carbonyl (C=O) groups excluding carboxylic acids is 1. The maximum Gasteiger partial charge on any atom is 0.338 e. The number of fused-ring (bicyclic) bond motifs is 1. The van der Waals surface area contributed by atoms with E-state index in [0.717, 1.165) is 16.2 Å². The zero-order valence-corrected chi connectivity index (χ0v) is 21.1. The fraction of sp³-hybridized carbons (Fsp3) is 0.115. The number of carbonyl (C=O) groups is 1. The van der Waals surface area contributed by atoms with Gasteiger partial charge in [0.05, 0.1) is 22.4 Å². The summed E-state index contributed by atoms with van der Waals surface area (Å²) in [6.45, 7) is 1.88. The number of para-hydroxylation sites is 1. The second-order valence-electron chi connectivity index (χ2n) is 7.95. The van der Waals surface area contributed by atoms with Gasteiger partial charge in [-0.1, -0.05) is 59.9 Å². The molecule has 0 amide bonds. The van der Waals surface area contributed by atoms with Crippen molar-refractivity contribution in [3.63, 3.8) is 0 Å². The molecule has 3 heterocycles. The molecule has 0 fully saturated rings. The summed E-state index contributed by atoms with van der Waals surface area (Å²) in [5.41, 5.74) is 0.943. The summed E-state index contributed by atoms with van der Waals surface area (Å²) in [7, 11) is 0. The summed E-state index contributed by atoms with van der Waals surface area (Å²) < 4.78 is 7.12. The minimum atomic E-state index is -0.766. The number of anilines is 1. The monoisotopic (exact) mass is 535 g/mol. The van der Waals surface area contributed by atoms with Crippen LogP contribution in [-0.2, 0) is 9.53 Å². The molecule has 0 spiro atoms. The van der Waals surface area contributed by atoms with E-state index in [1.165, 1.54) is 40.2 Å². The lowest BCUT2D eigenvalue weighted by atomic mass is 9.97. The normalized spacial score (nSPS) is 15.3. The Morgan fingerprint density at radius 1 is 1.14 bits per heavy atom. The zero-order valence-electron chi connectivity index (χ0n) is 19.4. The number of ether oxygens (including phenoxy) is 1. The average molecular weight is 536 g/mol. The van der Waals surface area contributed by atoms with Gasteiger partial charge in [-0.15, -0.1) is 16.6 Å². The summed E-state index contributed by atoms with van der Waals surface area (Å²) in [6, 6.07) is 16.5. The van der Waals surface area contributed by atoms with Crippen molar-refractivity contribution in [3.8, 4) is 5.75 Å². The van der Waals surface area contributed by atoms with Crippen molar-refractivity contribution in [1.29, 1.82) is 0 Å². The molecule has 0 radical (unpaired) electrons. The van der Waals surface area contributed by atoms with E-state index < -0.39 is 23.3 Å². The van der Waals surface area contributed by atoms with Crippen LogP contribution in [0.4, 0.5) is 5.69 Å². The maximum atomic E-state index is 13.7. The highest BCUT2D eigenvalue weighted by molar-refractivity contribution is 7.10. The summed E-state index contributed by atoms with van der Waals surface area (Å²) in [6.07, 6.45) is 1.45. The molecule has 1 aliphatic heterocycles. The highest BCUT2D eigenvalue weighted by Gasteiger charge is 2.35. The maximum absolute atomic E-state index is 13.7. The lowest BCUT2D eigenvalue weighted by Gasteiger charge is -2.24. The van der Waals surface area contributed by atoms with Gasteiger partial charge in [0.2, 0.25) is 0 Å². The van der Waals surface area contributed by atoms with Gasteiger partial charge >= 0.3 is 5.97 Å². The van der Waals surface area contributed by atoms with Gasteiger partial charge in [0.15, 0.2) is 10.6 Å². The Labute approximate surface area is 218 Å². The van der Waals surface area contributed by atoms with Gasteiger partial charge in [-0.2, -0.15) is 0 Å². The predicted molar refractivity (Wildman–Crippen MR) is 140 cm³/mol. The van der Waals surface area contributed by atoms with Gasteiger partial charge in [-0.25, -0.2) is 9.79 Å². The molecule has 5 rings (SSSR count). The van der Waals surface area contributed by atoms with Crippen molar-refractivity contribution < 1.29 is 25.1 Å². The highest BCUT2D eigenvalue weighted by Crippen LogP contribution is 2.37. The van der Waals surface area contributed by atoms with Gasteiger partial charge in [0, 0.05) is 16.0 Å². The second-order valence-corrected chi connectivity index (χ2v) is 9.94. The van der Waals surface area contributed by atoms with Crippen molar-refractivity contribution >= 4 is 46.1 Å². The molecule has 3 N–H and O–H groups in total. The van der Waals surface area contributed by atoms with Crippen molar-refractivity contribution in [2.45, 2.75) is 13.0 Å². The number of thiophene rings is 1. The van der Waals surface area contributed by atoms with Gasteiger partial charge < -0.3 is 9.84 Å². The topological polar surface area (TPSA) is 125 Å². The number of phenols is 1. The Morgan fingerprint density at radius 3 is 2.59 bits per heavy atom. The Morgan fingerprint density at radius 2 is 1.92 bits per heavy atom. The van der Waals surface area contributed by atoms with E-state index in [-0.39, 0.29) is 33.2 Å². The van der Waals surface area contributed by atoms with E-state index >= 15 is 0 Å². The van der Waals surface area contributed by atoms with Gasteiger partial charge in [-0.05, 0) is 30.5 Å². The molecule has 1 unspecified atom stereocenters. The molecule has 11 heteroatoms. The van der Waals surface area contributed by atoms with Crippen LogP contribution in [0.3, 0.4) is 0 Å². The van der Waals surface area contributed by atoms with Crippen LogP contribution in [0, 0.1) is 0 Å². The van der Waals surface area contributed by atoms with E-state index in [1.807, 2.05) is 47.8 Å². The minimum Gasteiger partial charge on any atom is -0.505 e. The van der Waals surface area contributed by atoms with E-state index in [9.17, 15) is 25.1 Å². The molecule has 9 nitrogen and oxygen atoms in total. The zero-order chi connectivity index (χ0) is 26.1. The van der Waals surface area contributed by atoms with Crippen LogP contribution in [0.25, 0.3) is 11.8 Å². The third-order valence-electron chi connectivity index (χ3n) is 5.73. The summed E-state index contributed by atoms with van der Waals surface area (Å²) in [5, 5.41) is 30.9. The Bertz CT molecular complexity index is 1670. The lowest BCUT2D eigenvalue weighted by molar-refractivity contribution is -0.138. The molecule has 188 valence electrons. The third-order valence-corrected chi connectivity index (χ3v) is 7.64. The number of aromatic hydroxyl groups is 1. The van der Waals surface area contributed by atoms with Gasteiger partial charge in [0.25, 0.3) is 5.56 Å². The quantitative estimate of drug-likeness (QED) is 0.256. The van der Waals surface area contributed by atoms with Crippen LogP contribution in [0.2, 0.25) is 0 Å². The first-order valence-corrected chi connectivity index (χ1v) is 12.9. The summed E-state index contributed by atoms with van der Waals surface area (Å²) >= 11 is 2.51. The second kappa shape index (κ2) is 10.1. The molecule has 0 saturated heterocycles. The van der Waals surface area contributed by atoms with Crippen LogP contribution < -0.4 is 20.1 Å². The molecule has 37 heavy (non-hydrogen) atoms. The molecule has 0 bridgehead atoms. The number of hydrogen-bond acceptors (Lipinski definition) is 10. The molecule has 2 aromatic heterocycles. The number of phenolic OH excluding ortho intramolecular Hbond substituents is 1. The molecular formula is C26H21N3O6S2. The molecule has 2 aromatic carbocycles. The predicted octanol–water partition coefficient (Wildman–Crippen LogP) is 3.29. The van der Waals surface area contributed by atoms with Crippen LogP contribution >= 0.6 is 22.7 Å². The summed E-state index contributed by atoms with van der Waals surface area (Å²) in [5.74, 6) is -0.973. The average Bonchev–Trinajstić information content (AvgIpc) is 3.53. The third kappa shape index (κ3) is 4.49. The smallest absolute Gasteiger partial charge is 0.338 e. The summed E-state index contributed by atoms with van der Waals surface area (Å²) in [4.78, 5) is 32.9. The van der Waals surface area contributed by atoms with E-state index in [0.29, 0.717) is 16.1 Å². The number of thiazole rings is 1. The van der Waals surface area contributed by atoms with Crippen LogP contribution in [0.15, 0.2) is 81.4 Å². The van der Waals surface area contributed by atoms with Crippen molar-refractivity contribution in [3.05, 3.63) is 107 Å². The van der Waals surface area contributed by atoms with E-state index in [4.69, 9.17) is 9.73 Å². The SMILES string of the molecule is CCOC(=O)C1=C(c2ccccc2)N=c2sc(=Cc3cccc(N(O)O)c3O)c(=O)n2C1c1cccs1. The Hall–Kier alpha value is -4.03. The molecule has 4 aromatic rings. The Balaban J connectivity index is 1.80. The molecule has 1 aliphatic rings. The van der Waals surface area contributed by atoms with Crippen molar-refractivity contribution in [1.82, 2.24) is 4.57 Å². The number of hydrogen-bond donors (Lipinski definition) is 3. The number of nitrogens with zero attached hydrogens (tertiary/aromatic N) is 3. The number of rotatable bonds is 6. The van der Waals surface area contributed by atoms with Crippen LogP contribution in [0.1, 0.15) is 29.0 Å². The molecule has 0 aliphatic carbocycles. The van der Waals surface area contributed by atoms with Gasteiger partial charge in [0.1, 0.15) is 11.7 Å². The first-order valence-electron chi connectivity index (χ1n) is 11.2. The van der Waals surface area contributed by atoms with E-state index in [2.05, 4.69) is 0 Å².